The molecule has 10 heteroatoms. The van der Waals surface area contributed by atoms with Gasteiger partial charge in [0.25, 0.3) is 0 Å². The van der Waals surface area contributed by atoms with Gasteiger partial charge >= 0.3 is 0 Å². The Morgan fingerprint density at radius 1 is 1.07 bits per heavy atom. The number of nitrogens with one attached hydrogen (secondary N) is 2. The van der Waals surface area contributed by atoms with Crippen molar-refractivity contribution in [1.82, 2.24) is 19.9 Å². The Labute approximate surface area is 174 Å². The van der Waals surface area contributed by atoms with E-state index in [9.17, 15) is 0 Å². The molecule has 3 aromatic rings. The normalized spacial score (nSPS) is 14.0. The van der Waals surface area contributed by atoms with Crippen molar-refractivity contribution in [2.75, 3.05) is 49.1 Å². The standard InChI is InChI=1S/C20H22N8O2/c1-29-17-6-4-16(5-7-17)23-18-24-19(27-22-14-15-3-2-8-21-13-15)26-20(25-18)28-9-11-30-12-10-28/h2-8,13-14H,9-12H2,1H3,(H2,23,24,25,26,27)/b22-14-. The first-order chi connectivity index (χ1) is 14.8. The molecule has 0 radical (unpaired) electrons. The third-order valence-corrected chi connectivity index (χ3v) is 4.33. The molecule has 0 unspecified atom stereocenters. The van der Waals surface area contributed by atoms with Crippen molar-refractivity contribution in [2.24, 2.45) is 5.10 Å². The van der Waals surface area contributed by atoms with E-state index >= 15 is 0 Å². The molecule has 0 bridgehead atoms. The molecule has 1 aliphatic rings. The van der Waals surface area contributed by atoms with E-state index in [1.807, 2.05) is 36.4 Å². The number of anilines is 4. The van der Waals surface area contributed by atoms with Crippen LogP contribution in [0.3, 0.4) is 0 Å². The second-order valence-electron chi connectivity index (χ2n) is 6.39. The second kappa shape index (κ2) is 9.61. The topological polar surface area (TPSA) is 110 Å². The molecule has 4 rings (SSSR count). The Bertz CT molecular complexity index is 976. The van der Waals surface area contributed by atoms with Gasteiger partial charge in [-0.2, -0.15) is 20.1 Å². The van der Waals surface area contributed by atoms with Crippen LogP contribution in [0.15, 0.2) is 53.9 Å². The van der Waals surface area contributed by atoms with Crippen LogP contribution in [0.1, 0.15) is 5.56 Å². The predicted molar refractivity (Wildman–Crippen MR) is 115 cm³/mol. The summed E-state index contributed by atoms with van der Waals surface area (Å²) in [4.78, 5) is 19.6. The van der Waals surface area contributed by atoms with Crippen LogP contribution in [-0.4, -0.2) is 59.6 Å². The highest BCUT2D eigenvalue weighted by atomic mass is 16.5. The molecule has 1 saturated heterocycles. The van der Waals surface area contributed by atoms with E-state index in [-0.39, 0.29) is 0 Å². The van der Waals surface area contributed by atoms with Gasteiger partial charge in [-0.15, -0.1) is 0 Å². The van der Waals surface area contributed by atoms with E-state index in [1.165, 1.54) is 0 Å². The zero-order valence-electron chi connectivity index (χ0n) is 16.5. The minimum Gasteiger partial charge on any atom is -0.497 e. The first kappa shape index (κ1) is 19.5. The lowest BCUT2D eigenvalue weighted by molar-refractivity contribution is 0.122. The maximum atomic E-state index is 5.43. The van der Waals surface area contributed by atoms with Crippen LogP contribution >= 0.6 is 0 Å². The summed E-state index contributed by atoms with van der Waals surface area (Å²) >= 11 is 0. The number of hydrogen-bond acceptors (Lipinski definition) is 10. The highest BCUT2D eigenvalue weighted by Gasteiger charge is 2.16. The molecule has 0 atom stereocenters. The third-order valence-electron chi connectivity index (χ3n) is 4.33. The molecular formula is C20H22N8O2. The van der Waals surface area contributed by atoms with Crippen molar-refractivity contribution < 1.29 is 9.47 Å². The maximum Gasteiger partial charge on any atom is 0.250 e. The molecule has 1 aliphatic heterocycles. The number of hydrazone groups is 1. The van der Waals surface area contributed by atoms with Crippen molar-refractivity contribution in [3.8, 4) is 5.75 Å². The van der Waals surface area contributed by atoms with Gasteiger partial charge in [-0.1, -0.05) is 6.07 Å². The summed E-state index contributed by atoms with van der Waals surface area (Å²) in [7, 11) is 1.63. The number of morpholine rings is 1. The average molecular weight is 406 g/mol. The molecule has 2 N–H and O–H groups in total. The highest BCUT2D eigenvalue weighted by Crippen LogP contribution is 2.20. The van der Waals surface area contributed by atoms with Crippen LogP contribution in [0.25, 0.3) is 0 Å². The predicted octanol–water partition coefficient (Wildman–Crippen LogP) is 2.30. The van der Waals surface area contributed by atoms with E-state index in [1.54, 1.807) is 25.7 Å². The smallest absolute Gasteiger partial charge is 0.250 e. The van der Waals surface area contributed by atoms with Gasteiger partial charge in [0.1, 0.15) is 5.75 Å². The number of nitrogens with zero attached hydrogens (tertiary/aromatic N) is 6. The highest BCUT2D eigenvalue weighted by molar-refractivity contribution is 5.79. The lowest BCUT2D eigenvalue weighted by atomic mass is 10.3. The molecule has 154 valence electrons. The van der Waals surface area contributed by atoms with Crippen LogP contribution in [0.5, 0.6) is 5.75 Å². The van der Waals surface area contributed by atoms with E-state index in [4.69, 9.17) is 9.47 Å². The van der Waals surface area contributed by atoms with Crippen LogP contribution in [0, 0.1) is 0 Å². The Hall–Kier alpha value is -3.79. The zero-order chi connectivity index (χ0) is 20.6. The Morgan fingerprint density at radius 2 is 1.87 bits per heavy atom. The fourth-order valence-corrected chi connectivity index (χ4v) is 2.80. The summed E-state index contributed by atoms with van der Waals surface area (Å²) in [5.74, 6) is 2.08. The SMILES string of the molecule is COc1ccc(Nc2nc(N/N=C\c3cccnc3)nc(N3CCOCC3)n2)cc1. The van der Waals surface area contributed by atoms with Gasteiger partial charge in [-0.3, -0.25) is 4.98 Å². The van der Waals surface area contributed by atoms with Crippen molar-refractivity contribution in [3.63, 3.8) is 0 Å². The molecule has 0 amide bonds. The van der Waals surface area contributed by atoms with Gasteiger partial charge in [0.05, 0.1) is 26.5 Å². The largest absolute Gasteiger partial charge is 0.497 e. The molecule has 1 aromatic carbocycles. The molecule has 0 saturated carbocycles. The number of ether oxygens (including phenoxy) is 2. The van der Waals surface area contributed by atoms with Gasteiger partial charge in [0.2, 0.25) is 17.8 Å². The van der Waals surface area contributed by atoms with Crippen molar-refractivity contribution in [3.05, 3.63) is 54.4 Å². The number of hydrogen-bond donors (Lipinski definition) is 2. The van der Waals surface area contributed by atoms with Gasteiger partial charge in [0, 0.05) is 36.7 Å². The molecular weight excluding hydrogens is 384 g/mol. The molecule has 0 aliphatic carbocycles. The minimum atomic E-state index is 0.336. The van der Waals surface area contributed by atoms with E-state index in [0.29, 0.717) is 44.1 Å². The quantitative estimate of drug-likeness (QED) is 0.451. The molecule has 30 heavy (non-hydrogen) atoms. The van der Waals surface area contributed by atoms with Gasteiger partial charge < -0.3 is 19.7 Å². The van der Waals surface area contributed by atoms with Crippen molar-refractivity contribution >= 4 is 29.7 Å². The van der Waals surface area contributed by atoms with Crippen LogP contribution in [-0.2, 0) is 4.74 Å². The van der Waals surface area contributed by atoms with E-state index in [2.05, 4.69) is 40.7 Å². The van der Waals surface area contributed by atoms with Gasteiger partial charge in [-0.05, 0) is 30.3 Å². The van der Waals surface area contributed by atoms with Crippen LogP contribution in [0.4, 0.5) is 23.5 Å². The first-order valence-corrected chi connectivity index (χ1v) is 9.49. The fourth-order valence-electron chi connectivity index (χ4n) is 2.80. The van der Waals surface area contributed by atoms with Gasteiger partial charge in [0.15, 0.2) is 0 Å². The van der Waals surface area contributed by atoms with Crippen molar-refractivity contribution in [1.29, 1.82) is 0 Å². The lowest BCUT2D eigenvalue weighted by Gasteiger charge is -2.27. The second-order valence-corrected chi connectivity index (χ2v) is 6.39. The minimum absolute atomic E-state index is 0.336. The number of pyridine rings is 1. The Morgan fingerprint density at radius 3 is 2.60 bits per heavy atom. The van der Waals surface area contributed by atoms with Crippen molar-refractivity contribution in [2.45, 2.75) is 0 Å². The summed E-state index contributed by atoms with van der Waals surface area (Å²) in [6.45, 7) is 2.69. The van der Waals surface area contributed by atoms with E-state index < -0.39 is 0 Å². The number of rotatable bonds is 7. The Kier molecular flexibility index (Phi) is 6.25. The number of benzene rings is 1. The third kappa shape index (κ3) is 5.17. The fraction of sp³-hybridized carbons (Fsp3) is 0.250. The summed E-state index contributed by atoms with van der Waals surface area (Å²) in [5, 5.41) is 7.42. The number of aromatic nitrogens is 4. The molecule has 0 spiro atoms. The number of methoxy groups -OCH3 is 1. The monoisotopic (exact) mass is 406 g/mol. The zero-order valence-corrected chi connectivity index (χ0v) is 16.5. The van der Waals surface area contributed by atoms with Crippen LogP contribution < -0.4 is 20.4 Å². The first-order valence-electron chi connectivity index (χ1n) is 9.49. The average Bonchev–Trinajstić information content (AvgIpc) is 2.81. The van der Waals surface area contributed by atoms with Crippen LogP contribution in [0.2, 0.25) is 0 Å². The molecule has 3 heterocycles. The maximum absolute atomic E-state index is 5.43. The summed E-state index contributed by atoms with van der Waals surface area (Å²) in [5.41, 5.74) is 4.58. The molecule has 2 aromatic heterocycles. The molecule has 1 fully saturated rings. The molecule has 10 nitrogen and oxygen atoms in total. The Balaban J connectivity index is 1.55. The summed E-state index contributed by atoms with van der Waals surface area (Å²) in [6.07, 6.45) is 5.08. The summed E-state index contributed by atoms with van der Waals surface area (Å²) in [6, 6.07) is 11.3. The van der Waals surface area contributed by atoms with E-state index in [0.717, 1.165) is 17.0 Å². The van der Waals surface area contributed by atoms with Gasteiger partial charge in [-0.25, -0.2) is 5.43 Å². The summed E-state index contributed by atoms with van der Waals surface area (Å²) < 4.78 is 10.6. The lowest BCUT2D eigenvalue weighted by Crippen LogP contribution is -2.37.